The number of H-pyrrole nitrogens is 1. The second-order valence-electron chi connectivity index (χ2n) is 6.95. The van der Waals surface area contributed by atoms with Gasteiger partial charge in [-0.3, -0.25) is 14.9 Å². The molecule has 9 nitrogen and oxygen atoms in total. The lowest BCUT2D eigenvalue weighted by Gasteiger charge is -2.27. The lowest BCUT2D eigenvalue weighted by atomic mass is 10.0. The summed E-state index contributed by atoms with van der Waals surface area (Å²) in [5.74, 6) is -0.500. The first-order valence-corrected chi connectivity index (χ1v) is 9.26. The van der Waals surface area contributed by atoms with Crippen molar-refractivity contribution in [2.24, 2.45) is 0 Å². The van der Waals surface area contributed by atoms with Crippen molar-refractivity contribution in [1.82, 2.24) is 9.88 Å². The van der Waals surface area contributed by atoms with Crippen LogP contribution in [0.4, 0.5) is 5.69 Å². The Balaban J connectivity index is 1.70. The van der Waals surface area contributed by atoms with Gasteiger partial charge in [0.05, 0.1) is 30.3 Å². The number of nitrogens with one attached hydrogen (secondary N) is 1. The molecule has 1 amide bonds. The summed E-state index contributed by atoms with van der Waals surface area (Å²) in [5.41, 5.74) is 3.18. The summed E-state index contributed by atoms with van der Waals surface area (Å²) in [7, 11) is 2.74. The minimum Gasteiger partial charge on any atom is -0.496 e. The molecule has 0 aliphatic carbocycles. The largest absolute Gasteiger partial charge is 0.496 e. The molecule has 0 saturated carbocycles. The quantitative estimate of drug-likeness (QED) is 0.402. The van der Waals surface area contributed by atoms with Gasteiger partial charge in [-0.05, 0) is 24.3 Å². The Morgan fingerprint density at radius 2 is 1.97 bits per heavy atom. The van der Waals surface area contributed by atoms with Crippen LogP contribution in [0.2, 0.25) is 0 Å². The molecule has 0 fully saturated rings. The lowest BCUT2D eigenvalue weighted by molar-refractivity contribution is -0.384. The topological polar surface area (TPSA) is 115 Å². The smallest absolute Gasteiger partial charge is 0.337 e. The first kappa shape index (κ1) is 19.4. The second-order valence-corrected chi connectivity index (χ2v) is 6.95. The number of non-ortho nitro benzene ring substituents is 1. The van der Waals surface area contributed by atoms with Crippen LogP contribution in [0.25, 0.3) is 10.9 Å². The Morgan fingerprint density at radius 3 is 2.67 bits per heavy atom. The number of rotatable bonds is 4. The van der Waals surface area contributed by atoms with Gasteiger partial charge in [0.25, 0.3) is 11.6 Å². The number of fused-ring (bicyclic) bond motifs is 3. The molecule has 4 rings (SSSR count). The van der Waals surface area contributed by atoms with E-state index in [1.807, 2.05) is 6.07 Å². The van der Waals surface area contributed by atoms with Crippen LogP contribution in [-0.4, -0.2) is 47.4 Å². The molecule has 0 bridgehead atoms. The van der Waals surface area contributed by atoms with Crippen molar-refractivity contribution in [2.75, 3.05) is 20.8 Å². The Kier molecular flexibility index (Phi) is 4.86. The highest BCUT2D eigenvalue weighted by Crippen LogP contribution is 2.31. The van der Waals surface area contributed by atoms with Crippen LogP contribution >= 0.6 is 0 Å². The normalized spacial score (nSPS) is 13.1. The molecule has 9 heteroatoms. The van der Waals surface area contributed by atoms with Crippen molar-refractivity contribution < 1.29 is 24.0 Å². The van der Waals surface area contributed by atoms with Crippen LogP contribution in [0.3, 0.4) is 0 Å². The number of esters is 1. The van der Waals surface area contributed by atoms with Gasteiger partial charge in [0.1, 0.15) is 5.75 Å². The molecule has 0 saturated heterocycles. The maximum Gasteiger partial charge on any atom is 0.337 e. The number of nitro benzene ring substituents is 1. The maximum atomic E-state index is 13.2. The molecule has 1 aliphatic rings. The van der Waals surface area contributed by atoms with Gasteiger partial charge >= 0.3 is 5.97 Å². The van der Waals surface area contributed by atoms with Gasteiger partial charge < -0.3 is 19.4 Å². The average Bonchev–Trinajstić information content (AvgIpc) is 3.14. The summed E-state index contributed by atoms with van der Waals surface area (Å²) in [4.78, 5) is 40.6. The molecule has 1 aromatic heterocycles. The van der Waals surface area contributed by atoms with Crippen LogP contribution < -0.4 is 4.74 Å². The summed E-state index contributed by atoms with van der Waals surface area (Å²) in [5, 5.41) is 12.0. The van der Waals surface area contributed by atoms with E-state index < -0.39 is 10.9 Å². The number of ether oxygens (including phenoxy) is 2. The third kappa shape index (κ3) is 3.24. The van der Waals surface area contributed by atoms with Crippen LogP contribution in [-0.2, 0) is 17.7 Å². The predicted octanol–water partition coefficient (Wildman–Crippen LogP) is 3.07. The van der Waals surface area contributed by atoms with E-state index >= 15 is 0 Å². The van der Waals surface area contributed by atoms with E-state index in [2.05, 4.69) is 4.98 Å². The van der Waals surface area contributed by atoms with Gasteiger partial charge in [0.2, 0.25) is 0 Å². The molecule has 0 atom stereocenters. The minimum atomic E-state index is -0.543. The molecule has 0 unspecified atom stereocenters. The maximum absolute atomic E-state index is 13.2. The molecule has 1 N–H and O–H groups in total. The Morgan fingerprint density at radius 1 is 1.17 bits per heavy atom. The molecular formula is C21H19N3O6. The minimum absolute atomic E-state index is 0.144. The number of methoxy groups -OCH3 is 2. The molecule has 0 spiro atoms. The van der Waals surface area contributed by atoms with Gasteiger partial charge in [-0.1, -0.05) is 0 Å². The number of aromatic amines is 1. The number of amides is 1. The van der Waals surface area contributed by atoms with Crippen LogP contribution in [0.15, 0.2) is 36.4 Å². The highest BCUT2D eigenvalue weighted by atomic mass is 16.6. The van der Waals surface area contributed by atoms with Crippen molar-refractivity contribution in [3.05, 3.63) is 68.9 Å². The number of aromatic nitrogens is 1. The molecule has 0 radical (unpaired) electrons. The van der Waals surface area contributed by atoms with E-state index in [1.54, 1.807) is 17.0 Å². The third-order valence-electron chi connectivity index (χ3n) is 5.31. The van der Waals surface area contributed by atoms with E-state index in [-0.39, 0.29) is 22.9 Å². The average molecular weight is 409 g/mol. The van der Waals surface area contributed by atoms with Gasteiger partial charge in [-0.15, -0.1) is 0 Å². The van der Waals surface area contributed by atoms with E-state index in [9.17, 15) is 19.7 Å². The number of nitro groups is 1. The second kappa shape index (κ2) is 7.51. The van der Waals surface area contributed by atoms with Crippen molar-refractivity contribution in [1.29, 1.82) is 0 Å². The standard InChI is InChI=1S/C21H19N3O6/c1-29-19-6-4-13(24(27)28)10-15(19)20(25)23-8-7-18-16(11-23)14-9-12(21(26)30-2)3-5-17(14)22-18/h3-6,9-10,22H,7-8,11H2,1-2H3. The number of carbonyl (C=O) groups excluding carboxylic acids is 2. The van der Waals surface area contributed by atoms with Gasteiger partial charge in [-0.25, -0.2) is 4.79 Å². The number of hydrogen-bond donors (Lipinski definition) is 1. The first-order valence-electron chi connectivity index (χ1n) is 9.26. The lowest BCUT2D eigenvalue weighted by Crippen LogP contribution is -2.36. The number of benzene rings is 2. The van der Waals surface area contributed by atoms with Crippen molar-refractivity contribution in [3.8, 4) is 5.75 Å². The molecule has 154 valence electrons. The van der Waals surface area contributed by atoms with Crippen molar-refractivity contribution in [3.63, 3.8) is 0 Å². The van der Waals surface area contributed by atoms with E-state index in [4.69, 9.17) is 9.47 Å². The van der Waals surface area contributed by atoms with E-state index in [1.165, 1.54) is 32.4 Å². The van der Waals surface area contributed by atoms with Gasteiger partial charge in [0, 0.05) is 53.8 Å². The van der Waals surface area contributed by atoms with Crippen LogP contribution in [0.1, 0.15) is 32.0 Å². The highest BCUT2D eigenvalue weighted by Gasteiger charge is 2.28. The molecular weight excluding hydrogens is 390 g/mol. The van der Waals surface area contributed by atoms with Gasteiger partial charge in [0.15, 0.2) is 0 Å². The third-order valence-corrected chi connectivity index (χ3v) is 5.31. The zero-order valence-corrected chi connectivity index (χ0v) is 16.4. The summed E-state index contributed by atoms with van der Waals surface area (Å²) in [6, 6.07) is 9.22. The first-order chi connectivity index (χ1) is 14.4. The fourth-order valence-electron chi connectivity index (χ4n) is 3.78. The zero-order valence-electron chi connectivity index (χ0n) is 16.4. The Bertz CT molecular complexity index is 1180. The highest BCUT2D eigenvalue weighted by molar-refractivity contribution is 5.99. The fraction of sp³-hybridized carbons (Fsp3) is 0.238. The fourth-order valence-corrected chi connectivity index (χ4v) is 3.78. The molecule has 3 aromatic rings. The number of hydrogen-bond acceptors (Lipinski definition) is 6. The Labute approximate surface area is 171 Å². The van der Waals surface area contributed by atoms with Crippen LogP contribution in [0, 0.1) is 10.1 Å². The van der Waals surface area contributed by atoms with Crippen molar-refractivity contribution in [2.45, 2.75) is 13.0 Å². The summed E-state index contributed by atoms with van der Waals surface area (Å²) in [6.45, 7) is 0.763. The number of carbonyl (C=O) groups is 2. The van der Waals surface area contributed by atoms with E-state index in [0.29, 0.717) is 25.1 Å². The molecule has 2 aromatic carbocycles. The summed E-state index contributed by atoms with van der Waals surface area (Å²) in [6.07, 6.45) is 0.598. The SMILES string of the molecule is COC(=O)c1ccc2[nH]c3c(c2c1)CN(C(=O)c1cc([N+](=O)[O-])ccc1OC)CC3. The number of nitrogens with zero attached hydrogens (tertiary/aromatic N) is 2. The molecule has 1 aliphatic heterocycles. The van der Waals surface area contributed by atoms with Crippen molar-refractivity contribution >= 4 is 28.5 Å². The summed E-state index contributed by atoms with van der Waals surface area (Å²) < 4.78 is 10.0. The molecule has 2 heterocycles. The monoisotopic (exact) mass is 409 g/mol. The van der Waals surface area contributed by atoms with Crippen LogP contribution in [0.5, 0.6) is 5.75 Å². The van der Waals surface area contributed by atoms with E-state index in [0.717, 1.165) is 22.2 Å². The zero-order chi connectivity index (χ0) is 21.4. The summed E-state index contributed by atoms with van der Waals surface area (Å²) >= 11 is 0. The molecule has 30 heavy (non-hydrogen) atoms. The van der Waals surface area contributed by atoms with Gasteiger partial charge in [-0.2, -0.15) is 0 Å². The predicted molar refractivity (Wildman–Crippen MR) is 108 cm³/mol. The Hall–Kier alpha value is -3.88.